The van der Waals surface area contributed by atoms with Crippen LogP contribution in [0.5, 0.6) is 0 Å². The maximum atomic E-state index is 14.6. The Morgan fingerprint density at radius 3 is 2.54 bits per heavy atom. The highest BCUT2D eigenvalue weighted by molar-refractivity contribution is 5.78. The molecule has 2 aromatic carbocycles. The van der Waals surface area contributed by atoms with Crippen LogP contribution < -0.4 is 5.69 Å². The molecule has 1 N–H and O–H groups in total. The summed E-state index contributed by atoms with van der Waals surface area (Å²) in [6.45, 7) is 4.20. The molecule has 0 fully saturated rings. The van der Waals surface area contributed by atoms with Crippen LogP contribution in [0.3, 0.4) is 0 Å². The zero-order valence-electron chi connectivity index (χ0n) is 19.4. The van der Waals surface area contributed by atoms with Crippen molar-refractivity contribution in [2.75, 3.05) is 0 Å². The highest BCUT2D eigenvalue weighted by Gasteiger charge is 2.17. The number of imidazole rings is 1. The van der Waals surface area contributed by atoms with E-state index in [0.717, 1.165) is 34.5 Å². The van der Waals surface area contributed by atoms with Gasteiger partial charge in [-0.3, -0.25) is 14.1 Å². The van der Waals surface area contributed by atoms with Crippen molar-refractivity contribution in [1.29, 1.82) is 0 Å². The maximum absolute atomic E-state index is 14.6. The number of aromatic nitrogens is 7. The molecule has 0 atom stereocenters. The van der Waals surface area contributed by atoms with Crippen LogP contribution in [0.4, 0.5) is 4.39 Å². The molecule has 3 aromatic heterocycles. The Labute approximate surface area is 201 Å². The minimum atomic E-state index is -0.418. The van der Waals surface area contributed by atoms with Crippen molar-refractivity contribution in [3.63, 3.8) is 0 Å². The quantitative estimate of drug-likeness (QED) is 0.383. The first-order valence-electron chi connectivity index (χ1n) is 11.4. The summed E-state index contributed by atoms with van der Waals surface area (Å²) in [6.07, 6.45) is 5.09. The fourth-order valence-corrected chi connectivity index (χ4v) is 4.29. The lowest BCUT2D eigenvalue weighted by molar-refractivity contribution is 0.611. The summed E-state index contributed by atoms with van der Waals surface area (Å²) in [7, 11) is 0. The number of tetrazole rings is 1. The number of halogens is 1. The molecule has 176 valence electrons. The van der Waals surface area contributed by atoms with Gasteiger partial charge in [0.05, 0.1) is 17.9 Å². The smallest absolute Gasteiger partial charge is 0.292 e. The van der Waals surface area contributed by atoms with Crippen molar-refractivity contribution in [3.8, 4) is 28.3 Å². The standard InChI is InChI=1S/C26H24FN7O/c1-3-7-19-16-34(24-17(2)8-6-11-22(24)27)26(35)33(19)15-18-12-13-23(28-14-18)20-9-4-5-10-21(20)25-29-31-32-30-25/h4-6,8-14,16H,3,7,15H2,1-2H3,(H,29,30,31,32). The lowest BCUT2D eigenvalue weighted by Gasteiger charge is -2.09. The summed E-state index contributed by atoms with van der Waals surface area (Å²) in [6, 6.07) is 16.4. The first-order chi connectivity index (χ1) is 17.1. The van der Waals surface area contributed by atoms with Crippen molar-refractivity contribution < 1.29 is 4.39 Å². The predicted octanol–water partition coefficient (Wildman–Crippen LogP) is 4.33. The van der Waals surface area contributed by atoms with Gasteiger partial charge in [0.15, 0.2) is 5.82 Å². The molecule has 35 heavy (non-hydrogen) atoms. The third-order valence-corrected chi connectivity index (χ3v) is 5.97. The van der Waals surface area contributed by atoms with Crippen LogP contribution in [0.15, 0.2) is 71.8 Å². The number of hydrogen-bond donors (Lipinski definition) is 1. The number of aryl methyl sites for hydroxylation is 2. The van der Waals surface area contributed by atoms with Crippen LogP contribution in [0.2, 0.25) is 0 Å². The Bertz CT molecular complexity index is 1500. The molecule has 0 bridgehead atoms. The van der Waals surface area contributed by atoms with E-state index in [1.54, 1.807) is 36.0 Å². The normalized spacial score (nSPS) is 11.2. The fraction of sp³-hybridized carbons (Fsp3) is 0.192. The number of pyridine rings is 1. The molecule has 0 spiro atoms. The Morgan fingerprint density at radius 1 is 1.03 bits per heavy atom. The van der Waals surface area contributed by atoms with Gasteiger partial charge in [0.1, 0.15) is 5.82 Å². The average molecular weight is 470 g/mol. The van der Waals surface area contributed by atoms with Gasteiger partial charge in [-0.1, -0.05) is 55.8 Å². The van der Waals surface area contributed by atoms with E-state index in [1.807, 2.05) is 36.4 Å². The average Bonchev–Trinajstić information content (AvgIpc) is 3.50. The largest absolute Gasteiger partial charge is 0.333 e. The highest BCUT2D eigenvalue weighted by atomic mass is 19.1. The van der Waals surface area contributed by atoms with Gasteiger partial charge in [0.2, 0.25) is 0 Å². The van der Waals surface area contributed by atoms with Crippen LogP contribution in [-0.4, -0.2) is 34.7 Å². The van der Waals surface area contributed by atoms with E-state index in [1.165, 1.54) is 10.6 Å². The molecule has 0 amide bonds. The van der Waals surface area contributed by atoms with E-state index < -0.39 is 5.82 Å². The van der Waals surface area contributed by atoms with Crippen molar-refractivity contribution in [3.05, 3.63) is 100 Å². The maximum Gasteiger partial charge on any atom is 0.333 e. The molecule has 0 aliphatic heterocycles. The Hall–Kier alpha value is -4.40. The van der Waals surface area contributed by atoms with E-state index in [4.69, 9.17) is 0 Å². The van der Waals surface area contributed by atoms with Gasteiger partial charge in [0, 0.05) is 29.2 Å². The number of para-hydroxylation sites is 1. The van der Waals surface area contributed by atoms with Crippen LogP contribution in [0.1, 0.15) is 30.2 Å². The molecule has 5 aromatic rings. The topological polar surface area (TPSA) is 94.3 Å². The predicted molar refractivity (Wildman–Crippen MR) is 131 cm³/mol. The summed E-state index contributed by atoms with van der Waals surface area (Å²) >= 11 is 0. The van der Waals surface area contributed by atoms with Crippen LogP contribution >= 0.6 is 0 Å². The van der Waals surface area contributed by atoms with Gasteiger partial charge in [-0.05, 0) is 47.0 Å². The first-order valence-corrected chi connectivity index (χ1v) is 11.4. The summed E-state index contributed by atoms with van der Waals surface area (Å²) < 4.78 is 17.7. The van der Waals surface area contributed by atoms with Crippen molar-refractivity contribution >= 4 is 0 Å². The van der Waals surface area contributed by atoms with Crippen LogP contribution in [-0.2, 0) is 13.0 Å². The highest BCUT2D eigenvalue weighted by Crippen LogP contribution is 2.28. The number of aromatic amines is 1. The second kappa shape index (κ2) is 9.46. The molecule has 0 saturated heterocycles. The van der Waals surface area contributed by atoms with Gasteiger partial charge >= 0.3 is 5.69 Å². The fourth-order valence-electron chi connectivity index (χ4n) is 4.29. The number of nitrogens with zero attached hydrogens (tertiary/aromatic N) is 6. The minimum absolute atomic E-state index is 0.270. The molecule has 0 aliphatic carbocycles. The van der Waals surface area contributed by atoms with Crippen molar-refractivity contribution in [2.24, 2.45) is 0 Å². The van der Waals surface area contributed by atoms with Gasteiger partial charge in [-0.15, -0.1) is 5.10 Å². The van der Waals surface area contributed by atoms with Gasteiger partial charge in [-0.2, -0.15) is 0 Å². The van der Waals surface area contributed by atoms with Crippen molar-refractivity contribution in [1.82, 2.24) is 34.7 Å². The first kappa shape index (κ1) is 22.4. The molecule has 5 rings (SSSR count). The number of benzene rings is 2. The third kappa shape index (κ3) is 4.28. The monoisotopic (exact) mass is 469 g/mol. The van der Waals surface area contributed by atoms with Gasteiger partial charge < -0.3 is 0 Å². The van der Waals surface area contributed by atoms with E-state index >= 15 is 0 Å². The van der Waals surface area contributed by atoms with E-state index in [-0.39, 0.29) is 5.69 Å². The van der Waals surface area contributed by atoms with Crippen molar-refractivity contribution in [2.45, 2.75) is 33.2 Å². The lowest BCUT2D eigenvalue weighted by atomic mass is 10.0. The number of nitrogens with one attached hydrogen (secondary N) is 1. The Morgan fingerprint density at radius 2 is 1.86 bits per heavy atom. The molecule has 9 heteroatoms. The summed E-state index contributed by atoms with van der Waals surface area (Å²) in [5.41, 5.74) is 4.96. The van der Waals surface area contributed by atoms with E-state index in [0.29, 0.717) is 30.0 Å². The third-order valence-electron chi connectivity index (χ3n) is 5.97. The van der Waals surface area contributed by atoms with E-state index in [2.05, 4.69) is 32.5 Å². The zero-order chi connectivity index (χ0) is 24.4. The summed E-state index contributed by atoms with van der Waals surface area (Å²) in [5.74, 6) is 0.144. The van der Waals surface area contributed by atoms with Gasteiger partial charge in [0.25, 0.3) is 0 Å². The summed E-state index contributed by atoms with van der Waals surface area (Å²) in [5, 5.41) is 14.1. The molecule has 3 heterocycles. The van der Waals surface area contributed by atoms with Gasteiger partial charge in [-0.25, -0.2) is 14.3 Å². The Balaban J connectivity index is 1.49. The van der Waals surface area contributed by atoms with Crippen LogP contribution in [0.25, 0.3) is 28.3 Å². The lowest BCUT2D eigenvalue weighted by Crippen LogP contribution is -2.25. The Kier molecular flexibility index (Phi) is 6.05. The minimum Gasteiger partial charge on any atom is -0.292 e. The molecule has 8 nitrogen and oxygen atoms in total. The number of rotatable bonds is 7. The second-order valence-corrected chi connectivity index (χ2v) is 8.36. The second-order valence-electron chi connectivity index (χ2n) is 8.36. The number of hydrogen-bond acceptors (Lipinski definition) is 5. The zero-order valence-corrected chi connectivity index (χ0v) is 19.4. The molecule has 0 aliphatic rings. The molecular formula is C26H24FN7O. The molecular weight excluding hydrogens is 445 g/mol. The SMILES string of the molecule is CCCc1cn(-c2c(C)cccc2F)c(=O)n1Cc1ccc(-c2ccccc2-c2nnn[nH]2)nc1. The molecule has 0 radical (unpaired) electrons. The summed E-state index contributed by atoms with van der Waals surface area (Å²) in [4.78, 5) is 18.0. The van der Waals surface area contributed by atoms with E-state index in [9.17, 15) is 9.18 Å². The number of H-pyrrole nitrogens is 1. The molecule has 0 saturated carbocycles. The van der Waals surface area contributed by atoms with Crippen LogP contribution in [0, 0.1) is 12.7 Å². The molecule has 0 unspecified atom stereocenters.